The molecule has 1 aromatic rings. The van der Waals surface area contributed by atoms with Crippen LogP contribution < -0.4 is 5.32 Å². The van der Waals surface area contributed by atoms with E-state index in [9.17, 15) is 19.7 Å². The molecular weight excluding hydrogens is 302 g/mol. The molecule has 1 fully saturated rings. The van der Waals surface area contributed by atoms with Crippen molar-refractivity contribution in [2.45, 2.75) is 13.3 Å². The van der Waals surface area contributed by atoms with E-state index < -0.39 is 16.8 Å². The Morgan fingerprint density at radius 1 is 1.39 bits per heavy atom. The van der Waals surface area contributed by atoms with Gasteiger partial charge in [0.2, 0.25) is 5.91 Å². The molecule has 0 spiro atoms. The van der Waals surface area contributed by atoms with E-state index in [1.54, 1.807) is 23.1 Å². The number of nitrogens with one attached hydrogen (secondary N) is 1. The summed E-state index contributed by atoms with van der Waals surface area (Å²) in [6, 6.07) is 6.23. The van der Waals surface area contributed by atoms with E-state index in [4.69, 9.17) is 5.11 Å². The van der Waals surface area contributed by atoms with Gasteiger partial charge in [-0.05, 0) is 12.0 Å². The molecule has 2 atom stereocenters. The van der Waals surface area contributed by atoms with Crippen LogP contribution in [-0.2, 0) is 9.59 Å². The molecule has 0 bridgehead atoms. The van der Waals surface area contributed by atoms with Gasteiger partial charge in [0.25, 0.3) is 5.69 Å². The van der Waals surface area contributed by atoms with Gasteiger partial charge in [-0.3, -0.25) is 19.7 Å². The minimum absolute atomic E-state index is 0.0410. The zero-order valence-corrected chi connectivity index (χ0v) is 12.8. The number of hydrogen-bond donors (Lipinski definition) is 2. The molecule has 1 aliphatic rings. The van der Waals surface area contributed by atoms with Gasteiger partial charge in [-0.1, -0.05) is 19.1 Å². The molecule has 8 nitrogen and oxygen atoms in total. The second-order valence-corrected chi connectivity index (χ2v) is 5.67. The van der Waals surface area contributed by atoms with Crippen LogP contribution in [0.5, 0.6) is 0 Å². The first kappa shape index (κ1) is 16.7. The number of carbonyl (C=O) groups is 2. The number of aliphatic carboxylic acids is 1. The Kier molecular flexibility index (Phi) is 5.15. The van der Waals surface area contributed by atoms with E-state index in [1.807, 2.05) is 6.92 Å². The van der Waals surface area contributed by atoms with Crippen molar-refractivity contribution in [2.75, 3.05) is 25.0 Å². The van der Waals surface area contributed by atoms with E-state index in [-0.39, 0.29) is 37.0 Å². The van der Waals surface area contributed by atoms with Crippen LogP contribution in [0.1, 0.15) is 13.3 Å². The van der Waals surface area contributed by atoms with Gasteiger partial charge in [-0.15, -0.1) is 0 Å². The number of benzene rings is 1. The fraction of sp³-hybridized carbons (Fsp3) is 0.467. The van der Waals surface area contributed by atoms with Crippen molar-refractivity contribution in [1.29, 1.82) is 0 Å². The highest BCUT2D eigenvalue weighted by atomic mass is 16.6. The number of likely N-dealkylation sites (tertiary alicyclic amines) is 1. The van der Waals surface area contributed by atoms with Gasteiger partial charge < -0.3 is 15.3 Å². The molecule has 2 N–H and O–H groups in total. The maximum absolute atomic E-state index is 12.1. The van der Waals surface area contributed by atoms with E-state index >= 15 is 0 Å². The summed E-state index contributed by atoms with van der Waals surface area (Å²) in [7, 11) is 0. The quantitative estimate of drug-likeness (QED) is 0.607. The topological polar surface area (TPSA) is 113 Å². The molecule has 124 valence electrons. The van der Waals surface area contributed by atoms with Gasteiger partial charge in [-0.2, -0.15) is 0 Å². The van der Waals surface area contributed by atoms with Crippen LogP contribution in [-0.4, -0.2) is 46.4 Å². The zero-order valence-electron chi connectivity index (χ0n) is 12.8. The van der Waals surface area contributed by atoms with Crippen molar-refractivity contribution in [1.82, 2.24) is 4.90 Å². The summed E-state index contributed by atoms with van der Waals surface area (Å²) < 4.78 is 0. The number of carboxylic acid groups (broad SMARTS) is 1. The zero-order chi connectivity index (χ0) is 17.0. The summed E-state index contributed by atoms with van der Waals surface area (Å²) in [6.45, 7) is 2.73. The molecule has 1 aromatic carbocycles. The van der Waals surface area contributed by atoms with Crippen LogP contribution in [0, 0.1) is 22.0 Å². The SMILES string of the molecule is C[C@@H]1CN(C(=O)CCNc2ccccc2[N+](=O)[O-])C[C@H]1C(=O)O. The largest absolute Gasteiger partial charge is 0.481 e. The predicted octanol–water partition coefficient (Wildman–Crippen LogP) is 1.58. The Bertz CT molecular complexity index is 619. The Hall–Kier alpha value is -2.64. The molecule has 0 unspecified atom stereocenters. The molecule has 0 saturated carbocycles. The number of rotatable bonds is 6. The number of carboxylic acids is 1. The maximum atomic E-state index is 12.1. The molecule has 0 aliphatic carbocycles. The standard InChI is InChI=1S/C15H19N3O5/c1-10-8-17(9-11(10)15(20)21)14(19)6-7-16-12-4-2-3-5-13(12)18(22)23/h2-5,10-11,16H,6-9H2,1H3,(H,20,21)/t10-,11-/m1/s1. The first-order valence-corrected chi connectivity index (χ1v) is 7.38. The van der Waals surface area contributed by atoms with Crippen molar-refractivity contribution < 1.29 is 19.6 Å². The highest BCUT2D eigenvalue weighted by Crippen LogP contribution is 2.25. The number of nitro groups is 1. The van der Waals surface area contributed by atoms with Gasteiger partial charge in [-0.25, -0.2) is 0 Å². The van der Waals surface area contributed by atoms with Crippen molar-refractivity contribution in [3.8, 4) is 0 Å². The summed E-state index contributed by atoms with van der Waals surface area (Å²) in [5, 5.41) is 22.9. The van der Waals surface area contributed by atoms with Crippen LogP contribution in [0.3, 0.4) is 0 Å². The molecular formula is C15H19N3O5. The third-order valence-corrected chi connectivity index (χ3v) is 4.04. The summed E-state index contributed by atoms with van der Waals surface area (Å²) in [4.78, 5) is 35.2. The number of hydrogen-bond acceptors (Lipinski definition) is 5. The van der Waals surface area contributed by atoms with Crippen molar-refractivity contribution >= 4 is 23.3 Å². The highest BCUT2D eigenvalue weighted by molar-refractivity contribution is 5.79. The summed E-state index contributed by atoms with van der Waals surface area (Å²) in [5.74, 6) is -1.63. The third-order valence-electron chi connectivity index (χ3n) is 4.04. The maximum Gasteiger partial charge on any atom is 0.308 e. The number of anilines is 1. The number of nitro benzene ring substituents is 1. The Labute approximate surface area is 133 Å². The van der Waals surface area contributed by atoms with E-state index in [2.05, 4.69) is 5.32 Å². The number of amides is 1. The molecule has 0 aromatic heterocycles. The lowest BCUT2D eigenvalue weighted by Crippen LogP contribution is -2.31. The smallest absolute Gasteiger partial charge is 0.308 e. The lowest BCUT2D eigenvalue weighted by atomic mass is 9.99. The average Bonchev–Trinajstić information content (AvgIpc) is 2.89. The van der Waals surface area contributed by atoms with Crippen molar-refractivity contribution in [3.05, 3.63) is 34.4 Å². The van der Waals surface area contributed by atoms with Gasteiger partial charge >= 0.3 is 5.97 Å². The average molecular weight is 321 g/mol. The normalized spacial score (nSPS) is 20.3. The Morgan fingerprint density at radius 3 is 2.70 bits per heavy atom. The molecule has 8 heteroatoms. The summed E-state index contributed by atoms with van der Waals surface area (Å²) in [5.41, 5.74) is 0.323. The van der Waals surface area contributed by atoms with Crippen molar-refractivity contribution in [3.63, 3.8) is 0 Å². The first-order valence-electron chi connectivity index (χ1n) is 7.38. The highest BCUT2D eigenvalue weighted by Gasteiger charge is 2.36. The number of nitrogens with zero attached hydrogens (tertiary/aromatic N) is 2. The minimum Gasteiger partial charge on any atom is -0.481 e. The van der Waals surface area contributed by atoms with Crippen LogP contribution in [0.4, 0.5) is 11.4 Å². The van der Waals surface area contributed by atoms with Gasteiger partial charge in [0.05, 0.1) is 10.8 Å². The van der Waals surface area contributed by atoms with Gasteiger partial charge in [0.15, 0.2) is 0 Å². The van der Waals surface area contributed by atoms with E-state index in [0.29, 0.717) is 12.2 Å². The van der Waals surface area contributed by atoms with Crippen LogP contribution >= 0.6 is 0 Å². The van der Waals surface area contributed by atoms with Crippen molar-refractivity contribution in [2.24, 2.45) is 11.8 Å². The fourth-order valence-corrected chi connectivity index (χ4v) is 2.74. The lowest BCUT2D eigenvalue weighted by Gasteiger charge is -2.16. The summed E-state index contributed by atoms with van der Waals surface area (Å²) in [6.07, 6.45) is 0.158. The van der Waals surface area contributed by atoms with Crippen LogP contribution in [0.2, 0.25) is 0 Å². The molecule has 0 radical (unpaired) electrons. The minimum atomic E-state index is -0.883. The van der Waals surface area contributed by atoms with Gasteiger partial charge in [0, 0.05) is 32.1 Å². The molecule has 2 rings (SSSR count). The lowest BCUT2D eigenvalue weighted by molar-refractivity contribution is -0.384. The Balaban J connectivity index is 1.87. The molecule has 1 aliphatic heterocycles. The Morgan fingerprint density at radius 2 is 2.09 bits per heavy atom. The number of para-hydroxylation sites is 2. The van der Waals surface area contributed by atoms with E-state index in [0.717, 1.165) is 0 Å². The summed E-state index contributed by atoms with van der Waals surface area (Å²) >= 11 is 0. The molecule has 23 heavy (non-hydrogen) atoms. The fourth-order valence-electron chi connectivity index (χ4n) is 2.74. The predicted molar refractivity (Wildman–Crippen MR) is 83.1 cm³/mol. The van der Waals surface area contributed by atoms with Crippen LogP contribution in [0.25, 0.3) is 0 Å². The number of carbonyl (C=O) groups excluding carboxylic acids is 1. The third kappa shape index (κ3) is 3.97. The monoisotopic (exact) mass is 321 g/mol. The van der Waals surface area contributed by atoms with Crippen LogP contribution in [0.15, 0.2) is 24.3 Å². The molecule has 1 saturated heterocycles. The second kappa shape index (κ2) is 7.08. The van der Waals surface area contributed by atoms with Gasteiger partial charge in [0.1, 0.15) is 5.69 Å². The second-order valence-electron chi connectivity index (χ2n) is 5.67. The van der Waals surface area contributed by atoms with E-state index in [1.165, 1.54) is 6.07 Å². The molecule has 1 amide bonds. The first-order chi connectivity index (χ1) is 10.9. The molecule has 1 heterocycles.